The quantitative estimate of drug-likeness (QED) is 0.771. The van der Waals surface area contributed by atoms with Crippen LogP contribution in [-0.4, -0.2) is 54.0 Å². The Kier molecular flexibility index (Phi) is 5.91. The van der Waals surface area contributed by atoms with E-state index in [1.807, 2.05) is 23.1 Å². The summed E-state index contributed by atoms with van der Waals surface area (Å²) in [4.78, 5) is 21.9. The van der Waals surface area contributed by atoms with Crippen LogP contribution in [0.5, 0.6) is 5.75 Å². The highest BCUT2D eigenvalue weighted by atomic mass is 16.5. The Morgan fingerprint density at radius 1 is 1.07 bits per heavy atom. The molecule has 1 atom stereocenters. The second kappa shape index (κ2) is 8.74. The molecule has 2 aliphatic heterocycles. The zero-order chi connectivity index (χ0) is 19.3. The molecule has 2 saturated heterocycles. The number of carbonyl (C=O) groups is 1. The van der Waals surface area contributed by atoms with E-state index in [0.717, 1.165) is 74.4 Å². The van der Waals surface area contributed by atoms with Gasteiger partial charge in [0.2, 0.25) is 5.91 Å². The van der Waals surface area contributed by atoms with E-state index >= 15 is 0 Å². The standard InChI is InChI=1S/C23H29N3O2/c1-28-22-12-3-2-8-18(22)16-19-9-6-10-20(24-19)21-11-7-15-26(21)17-23(27)25-13-4-5-14-25/h2-3,6,8-10,12,21H,4-5,7,11,13-17H2,1H3. The number of carbonyl (C=O) groups excluding carboxylic acids is 1. The van der Waals surface area contributed by atoms with Crippen LogP contribution in [0, 0.1) is 0 Å². The van der Waals surface area contributed by atoms with Gasteiger partial charge >= 0.3 is 0 Å². The van der Waals surface area contributed by atoms with Gasteiger partial charge in [-0.2, -0.15) is 0 Å². The van der Waals surface area contributed by atoms with Crippen LogP contribution in [0.4, 0.5) is 0 Å². The van der Waals surface area contributed by atoms with E-state index in [9.17, 15) is 4.79 Å². The lowest BCUT2D eigenvalue weighted by Gasteiger charge is -2.26. The lowest BCUT2D eigenvalue weighted by atomic mass is 10.1. The fourth-order valence-corrected chi connectivity index (χ4v) is 4.42. The number of benzene rings is 1. The Morgan fingerprint density at radius 3 is 2.71 bits per heavy atom. The maximum atomic E-state index is 12.6. The van der Waals surface area contributed by atoms with Gasteiger partial charge in [-0.1, -0.05) is 24.3 Å². The summed E-state index contributed by atoms with van der Waals surface area (Å²) in [6.45, 7) is 3.33. The molecular formula is C23H29N3O2. The molecule has 2 aromatic rings. The topological polar surface area (TPSA) is 45.7 Å². The van der Waals surface area contributed by atoms with E-state index in [4.69, 9.17) is 9.72 Å². The molecule has 5 heteroatoms. The van der Waals surface area contributed by atoms with Crippen molar-refractivity contribution in [3.63, 3.8) is 0 Å². The average Bonchev–Trinajstić information content (AvgIpc) is 3.41. The molecule has 4 rings (SSSR count). The molecule has 0 N–H and O–H groups in total. The van der Waals surface area contributed by atoms with Crippen LogP contribution in [0.2, 0.25) is 0 Å². The fraction of sp³-hybridized carbons (Fsp3) is 0.478. The number of ether oxygens (including phenoxy) is 1. The van der Waals surface area contributed by atoms with Crippen LogP contribution in [0.15, 0.2) is 42.5 Å². The summed E-state index contributed by atoms with van der Waals surface area (Å²) in [6, 6.07) is 14.6. The number of hydrogen-bond acceptors (Lipinski definition) is 4. The first-order chi connectivity index (χ1) is 13.7. The van der Waals surface area contributed by atoms with Crippen molar-refractivity contribution in [2.45, 2.75) is 38.1 Å². The minimum Gasteiger partial charge on any atom is -0.496 e. The molecule has 2 aliphatic rings. The van der Waals surface area contributed by atoms with E-state index in [0.29, 0.717) is 6.54 Å². The highest BCUT2D eigenvalue weighted by Crippen LogP contribution is 2.31. The van der Waals surface area contributed by atoms with Crippen molar-refractivity contribution in [1.29, 1.82) is 0 Å². The molecule has 5 nitrogen and oxygen atoms in total. The van der Waals surface area contributed by atoms with Crippen LogP contribution < -0.4 is 4.74 Å². The molecule has 1 aromatic carbocycles. The van der Waals surface area contributed by atoms with Crippen LogP contribution >= 0.6 is 0 Å². The van der Waals surface area contributed by atoms with Gasteiger partial charge in [0.1, 0.15) is 5.75 Å². The molecule has 2 fully saturated rings. The molecule has 0 saturated carbocycles. The average molecular weight is 380 g/mol. The number of amides is 1. The van der Waals surface area contributed by atoms with Crippen LogP contribution in [0.1, 0.15) is 48.7 Å². The van der Waals surface area contributed by atoms with Gasteiger partial charge in [0.05, 0.1) is 25.4 Å². The van der Waals surface area contributed by atoms with Gasteiger partial charge in [-0.15, -0.1) is 0 Å². The molecular weight excluding hydrogens is 350 g/mol. The van der Waals surface area contributed by atoms with E-state index in [-0.39, 0.29) is 11.9 Å². The molecule has 0 spiro atoms. The normalized spacial score (nSPS) is 19.9. The third-order valence-electron chi connectivity index (χ3n) is 5.89. The summed E-state index contributed by atoms with van der Waals surface area (Å²) in [7, 11) is 1.70. The summed E-state index contributed by atoms with van der Waals surface area (Å²) >= 11 is 0. The zero-order valence-electron chi connectivity index (χ0n) is 16.6. The van der Waals surface area contributed by atoms with Crippen molar-refractivity contribution in [3.8, 4) is 5.75 Å². The monoisotopic (exact) mass is 379 g/mol. The Hall–Kier alpha value is -2.40. The van der Waals surface area contributed by atoms with E-state index < -0.39 is 0 Å². The van der Waals surface area contributed by atoms with Crippen LogP contribution in [-0.2, 0) is 11.2 Å². The smallest absolute Gasteiger partial charge is 0.236 e. The first kappa shape index (κ1) is 18.9. The van der Waals surface area contributed by atoms with Crippen molar-refractivity contribution in [2.75, 3.05) is 33.3 Å². The minimum absolute atomic E-state index is 0.240. The van der Waals surface area contributed by atoms with E-state index in [1.54, 1.807) is 7.11 Å². The number of para-hydroxylation sites is 1. The highest BCUT2D eigenvalue weighted by Gasteiger charge is 2.30. The third kappa shape index (κ3) is 4.20. The van der Waals surface area contributed by atoms with Gasteiger partial charge < -0.3 is 9.64 Å². The van der Waals surface area contributed by atoms with Crippen molar-refractivity contribution in [3.05, 3.63) is 59.4 Å². The number of hydrogen-bond donors (Lipinski definition) is 0. The largest absolute Gasteiger partial charge is 0.496 e. The van der Waals surface area contributed by atoms with Gasteiger partial charge in [-0.3, -0.25) is 14.7 Å². The molecule has 1 amide bonds. The summed E-state index contributed by atoms with van der Waals surface area (Å²) in [5, 5.41) is 0. The number of aromatic nitrogens is 1. The zero-order valence-corrected chi connectivity index (χ0v) is 16.6. The maximum Gasteiger partial charge on any atom is 0.236 e. The SMILES string of the molecule is COc1ccccc1Cc1cccc(C2CCCN2CC(=O)N2CCCC2)n1. The first-order valence-electron chi connectivity index (χ1n) is 10.3. The van der Waals surface area contributed by atoms with E-state index in [2.05, 4.69) is 29.2 Å². The predicted molar refractivity (Wildman–Crippen MR) is 109 cm³/mol. The van der Waals surface area contributed by atoms with E-state index in [1.165, 1.54) is 0 Å². The third-order valence-corrected chi connectivity index (χ3v) is 5.89. The summed E-state index contributed by atoms with van der Waals surface area (Å²) in [5.74, 6) is 1.17. The second-order valence-corrected chi connectivity index (χ2v) is 7.76. The lowest BCUT2D eigenvalue weighted by Crippen LogP contribution is -2.38. The lowest BCUT2D eigenvalue weighted by molar-refractivity contribution is -0.131. The maximum absolute atomic E-state index is 12.6. The molecule has 0 radical (unpaired) electrons. The van der Waals surface area contributed by atoms with Gasteiger partial charge in [-0.25, -0.2) is 0 Å². The number of nitrogens with zero attached hydrogens (tertiary/aromatic N) is 3. The Balaban J connectivity index is 1.47. The van der Waals surface area contributed by atoms with Crippen molar-refractivity contribution in [1.82, 2.24) is 14.8 Å². The molecule has 3 heterocycles. The van der Waals surface area contributed by atoms with Gasteiger partial charge in [0.15, 0.2) is 0 Å². The molecule has 28 heavy (non-hydrogen) atoms. The summed E-state index contributed by atoms with van der Waals surface area (Å²) in [6.07, 6.45) is 5.22. The molecule has 1 unspecified atom stereocenters. The van der Waals surface area contributed by atoms with Crippen LogP contribution in [0.25, 0.3) is 0 Å². The number of rotatable bonds is 6. The minimum atomic E-state index is 0.240. The molecule has 0 aliphatic carbocycles. The molecule has 0 bridgehead atoms. The molecule has 1 aromatic heterocycles. The Bertz CT molecular complexity index is 817. The number of likely N-dealkylation sites (tertiary alicyclic amines) is 2. The van der Waals surface area contributed by atoms with Gasteiger partial charge in [0.25, 0.3) is 0 Å². The Labute approximate surface area is 167 Å². The summed E-state index contributed by atoms with van der Waals surface area (Å²) < 4.78 is 5.48. The van der Waals surface area contributed by atoms with Crippen LogP contribution in [0.3, 0.4) is 0 Å². The Morgan fingerprint density at radius 2 is 1.89 bits per heavy atom. The summed E-state index contributed by atoms with van der Waals surface area (Å²) in [5.41, 5.74) is 3.26. The van der Waals surface area contributed by atoms with Gasteiger partial charge in [0, 0.05) is 30.8 Å². The number of pyridine rings is 1. The predicted octanol–water partition coefficient (Wildman–Crippen LogP) is 3.44. The van der Waals surface area contributed by atoms with Crippen molar-refractivity contribution in [2.24, 2.45) is 0 Å². The van der Waals surface area contributed by atoms with Crippen molar-refractivity contribution >= 4 is 5.91 Å². The van der Waals surface area contributed by atoms with Gasteiger partial charge in [-0.05, 0) is 50.4 Å². The second-order valence-electron chi connectivity index (χ2n) is 7.76. The van der Waals surface area contributed by atoms with Crippen molar-refractivity contribution < 1.29 is 9.53 Å². The first-order valence-corrected chi connectivity index (χ1v) is 10.3. The fourth-order valence-electron chi connectivity index (χ4n) is 4.42. The molecule has 148 valence electrons. The highest BCUT2D eigenvalue weighted by molar-refractivity contribution is 5.78. The number of methoxy groups -OCH3 is 1.